The van der Waals surface area contributed by atoms with Gasteiger partial charge in [-0.1, -0.05) is 26.0 Å². The smallest absolute Gasteiger partial charge is 0.328 e. The van der Waals surface area contributed by atoms with Gasteiger partial charge in [-0.05, 0) is 29.7 Å². The van der Waals surface area contributed by atoms with Crippen LogP contribution in [0.1, 0.15) is 24.2 Å². The van der Waals surface area contributed by atoms with E-state index in [1.54, 1.807) is 30.7 Å². The van der Waals surface area contributed by atoms with Gasteiger partial charge in [0, 0.05) is 11.1 Å². The number of benzene rings is 1. The van der Waals surface area contributed by atoms with Crippen molar-refractivity contribution in [3.63, 3.8) is 0 Å². The number of amides is 1. The summed E-state index contributed by atoms with van der Waals surface area (Å²) in [5, 5.41) is 2.72. The number of ether oxygens (including phenoxy) is 1. The highest BCUT2D eigenvalue weighted by atomic mass is 16.5. The zero-order chi connectivity index (χ0) is 16.1. The van der Waals surface area contributed by atoms with E-state index in [1.165, 1.54) is 7.11 Å². The first-order valence-corrected chi connectivity index (χ1v) is 7.04. The van der Waals surface area contributed by atoms with Gasteiger partial charge in [0.1, 0.15) is 6.04 Å². The van der Waals surface area contributed by atoms with Crippen LogP contribution in [0.3, 0.4) is 0 Å². The van der Waals surface area contributed by atoms with Crippen molar-refractivity contribution in [3.8, 4) is 11.1 Å². The maximum absolute atomic E-state index is 12.4. The van der Waals surface area contributed by atoms with Crippen LogP contribution >= 0.6 is 0 Å². The molecule has 0 aliphatic carbocycles. The Balaban J connectivity index is 2.19. The van der Waals surface area contributed by atoms with Gasteiger partial charge in [-0.2, -0.15) is 0 Å². The maximum atomic E-state index is 12.4. The van der Waals surface area contributed by atoms with E-state index >= 15 is 0 Å². The Bertz CT molecular complexity index is 646. The Labute approximate surface area is 129 Å². The SMILES string of the molecule is COC(=O)C(NC(=O)c1cccc(-c2ccoc2)c1)C(C)C. The van der Waals surface area contributed by atoms with Crippen molar-refractivity contribution in [2.45, 2.75) is 19.9 Å². The summed E-state index contributed by atoms with van der Waals surface area (Å²) in [6.45, 7) is 3.70. The number of furan rings is 1. The lowest BCUT2D eigenvalue weighted by molar-refractivity contribution is -0.144. The molecule has 2 aromatic rings. The minimum absolute atomic E-state index is 0.0616. The van der Waals surface area contributed by atoms with Crippen LogP contribution in [0.25, 0.3) is 11.1 Å². The molecule has 2 rings (SSSR count). The van der Waals surface area contributed by atoms with Crippen molar-refractivity contribution < 1.29 is 18.7 Å². The third-order valence-corrected chi connectivity index (χ3v) is 3.39. The second-order valence-corrected chi connectivity index (χ2v) is 5.31. The lowest BCUT2D eigenvalue weighted by Crippen LogP contribution is -2.45. The molecule has 0 radical (unpaired) electrons. The molecule has 5 heteroatoms. The summed E-state index contributed by atoms with van der Waals surface area (Å²) in [4.78, 5) is 24.1. The van der Waals surface area contributed by atoms with Gasteiger partial charge in [-0.15, -0.1) is 0 Å². The van der Waals surface area contributed by atoms with E-state index in [0.717, 1.165) is 11.1 Å². The molecule has 0 aliphatic rings. The van der Waals surface area contributed by atoms with Crippen LogP contribution in [-0.4, -0.2) is 25.0 Å². The monoisotopic (exact) mass is 301 g/mol. The van der Waals surface area contributed by atoms with Crippen molar-refractivity contribution in [2.75, 3.05) is 7.11 Å². The number of methoxy groups -OCH3 is 1. The fourth-order valence-electron chi connectivity index (χ4n) is 2.12. The Morgan fingerprint density at radius 3 is 2.55 bits per heavy atom. The molecule has 0 saturated carbocycles. The molecule has 1 aromatic carbocycles. The van der Waals surface area contributed by atoms with Gasteiger partial charge >= 0.3 is 5.97 Å². The first-order chi connectivity index (χ1) is 10.5. The van der Waals surface area contributed by atoms with Gasteiger partial charge in [-0.25, -0.2) is 4.79 Å². The quantitative estimate of drug-likeness (QED) is 0.862. The summed E-state index contributed by atoms with van der Waals surface area (Å²) in [6, 6.07) is 8.29. The van der Waals surface area contributed by atoms with Crippen LogP contribution in [0.4, 0.5) is 0 Å². The molecule has 5 nitrogen and oxygen atoms in total. The first kappa shape index (κ1) is 15.8. The number of rotatable bonds is 5. The van der Waals surface area contributed by atoms with E-state index in [1.807, 2.05) is 26.0 Å². The molecule has 116 valence electrons. The number of carbonyl (C=O) groups excluding carboxylic acids is 2. The second-order valence-electron chi connectivity index (χ2n) is 5.31. The Kier molecular flexibility index (Phi) is 4.99. The molecule has 0 saturated heterocycles. The van der Waals surface area contributed by atoms with Gasteiger partial charge in [0.25, 0.3) is 5.91 Å². The molecular weight excluding hydrogens is 282 g/mol. The summed E-state index contributed by atoms with van der Waals surface area (Å²) >= 11 is 0. The number of nitrogens with one attached hydrogen (secondary N) is 1. The average molecular weight is 301 g/mol. The zero-order valence-electron chi connectivity index (χ0n) is 12.8. The minimum atomic E-state index is -0.671. The van der Waals surface area contributed by atoms with Crippen molar-refractivity contribution >= 4 is 11.9 Å². The molecule has 0 fully saturated rings. The van der Waals surface area contributed by atoms with E-state index < -0.39 is 12.0 Å². The Hall–Kier alpha value is -2.56. The lowest BCUT2D eigenvalue weighted by Gasteiger charge is -2.19. The Morgan fingerprint density at radius 1 is 1.18 bits per heavy atom. The fourth-order valence-corrected chi connectivity index (χ4v) is 2.12. The molecule has 1 heterocycles. The number of carbonyl (C=O) groups is 2. The van der Waals surface area contributed by atoms with Crippen molar-refractivity contribution in [3.05, 3.63) is 48.4 Å². The molecular formula is C17H19NO4. The maximum Gasteiger partial charge on any atom is 0.328 e. The summed E-state index contributed by atoms with van der Waals surface area (Å²) in [6.07, 6.45) is 3.19. The molecule has 1 amide bonds. The highest BCUT2D eigenvalue weighted by Gasteiger charge is 2.25. The highest BCUT2D eigenvalue weighted by molar-refractivity contribution is 5.97. The summed E-state index contributed by atoms with van der Waals surface area (Å²) in [7, 11) is 1.31. The largest absolute Gasteiger partial charge is 0.472 e. The van der Waals surface area contributed by atoms with E-state index in [2.05, 4.69) is 5.32 Å². The third kappa shape index (κ3) is 3.55. The van der Waals surface area contributed by atoms with Crippen molar-refractivity contribution in [1.29, 1.82) is 0 Å². The molecule has 1 N–H and O–H groups in total. The van der Waals surface area contributed by atoms with Crippen LogP contribution in [0.5, 0.6) is 0 Å². The van der Waals surface area contributed by atoms with Crippen LogP contribution in [-0.2, 0) is 9.53 Å². The van der Waals surface area contributed by atoms with E-state index in [9.17, 15) is 9.59 Å². The van der Waals surface area contributed by atoms with Crippen LogP contribution in [0.15, 0.2) is 47.3 Å². The van der Waals surface area contributed by atoms with Crippen LogP contribution < -0.4 is 5.32 Å². The zero-order valence-corrected chi connectivity index (χ0v) is 12.8. The van der Waals surface area contributed by atoms with Gasteiger partial charge in [-0.3, -0.25) is 4.79 Å². The average Bonchev–Trinajstić information content (AvgIpc) is 3.06. The van der Waals surface area contributed by atoms with Gasteiger partial charge in [0.15, 0.2) is 0 Å². The summed E-state index contributed by atoms with van der Waals surface area (Å²) in [5.74, 6) is -0.822. The van der Waals surface area contributed by atoms with E-state index in [0.29, 0.717) is 5.56 Å². The van der Waals surface area contributed by atoms with Crippen LogP contribution in [0, 0.1) is 5.92 Å². The molecule has 0 bridgehead atoms. The summed E-state index contributed by atoms with van der Waals surface area (Å²) in [5.41, 5.74) is 2.25. The predicted octanol–water partition coefficient (Wildman–Crippen LogP) is 2.87. The number of hydrogen-bond acceptors (Lipinski definition) is 4. The number of hydrogen-bond donors (Lipinski definition) is 1. The summed E-state index contributed by atoms with van der Waals surface area (Å²) < 4.78 is 9.78. The molecule has 0 aliphatic heterocycles. The minimum Gasteiger partial charge on any atom is -0.472 e. The standard InChI is InChI=1S/C17H19NO4/c1-11(2)15(17(20)21-3)18-16(19)13-6-4-5-12(9-13)14-7-8-22-10-14/h4-11,15H,1-3H3,(H,18,19). The van der Waals surface area contributed by atoms with Crippen molar-refractivity contribution in [1.82, 2.24) is 5.32 Å². The third-order valence-electron chi connectivity index (χ3n) is 3.39. The first-order valence-electron chi connectivity index (χ1n) is 7.04. The van der Waals surface area contributed by atoms with E-state index in [4.69, 9.17) is 9.15 Å². The molecule has 1 atom stereocenters. The number of esters is 1. The lowest BCUT2D eigenvalue weighted by atomic mass is 10.0. The van der Waals surface area contributed by atoms with Gasteiger partial charge in [0.05, 0.1) is 19.6 Å². The second kappa shape index (κ2) is 6.93. The Morgan fingerprint density at radius 2 is 1.95 bits per heavy atom. The molecule has 1 unspecified atom stereocenters. The molecule has 1 aromatic heterocycles. The highest BCUT2D eigenvalue weighted by Crippen LogP contribution is 2.21. The normalized spacial score (nSPS) is 12.0. The van der Waals surface area contributed by atoms with E-state index in [-0.39, 0.29) is 11.8 Å². The van der Waals surface area contributed by atoms with Crippen molar-refractivity contribution in [2.24, 2.45) is 5.92 Å². The predicted molar refractivity (Wildman–Crippen MR) is 82.3 cm³/mol. The van der Waals surface area contributed by atoms with Crippen LogP contribution in [0.2, 0.25) is 0 Å². The van der Waals surface area contributed by atoms with Gasteiger partial charge < -0.3 is 14.5 Å². The molecule has 22 heavy (non-hydrogen) atoms. The fraction of sp³-hybridized carbons (Fsp3) is 0.294. The molecule has 0 spiro atoms. The van der Waals surface area contributed by atoms with Gasteiger partial charge in [0.2, 0.25) is 0 Å². The topological polar surface area (TPSA) is 68.5 Å².